The van der Waals surface area contributed by atoms with Crippen molar-refractivity contribution in [3.8, 4) is 0 Å². The lowest BCUT2D eigenvalue weighted by molar-refractivity contribution is 0.0853. The number of benzene rings is 1. The molecule has 2 aromatic heterocycles. The van der Waals surface area contributed by atoms with Crippen LogP contribution in [0.1, 0.15) is 103 Å². The van der Waals surface area contributed by atoms with Crippen molar-refractivity contribution in [2.24, 2.45) is 5.92 Å². The summed E-state index contributed by atoms with van der Waals surface area (Å²) in [5.74, 6) is 2.16. The predicted molar refractivity (Wildman–Crippen MR) is 128 cm³/mol. The fraction of sp³-hybridized carbons (Fsp3) is 0.593. The minimum Gasteiger partial charge on any atom is -0.381 e. The van der Waals surface area contributed by atoms with Gasteiger partial charge in [-0.25, -0.2) is 4.98 Å². The van der Waals surface area contributed by atoms with Crippen molar-refractivity contribution in [1.29, 1.82) is 0 Å². The highest BCUT2D eigenvalue weighted by atomic mass is 16.5. The van der Waals surface area contributed by atoms with Crippen molar-refractivity contribution < 1.29 is 14.1 Å². The van der Waals surface area contributed by atoms with Crippen LogP contribution in [0, 0.1) is 12.8 Å². The fourth-order valence-corrected chi connectivity index (χ4v) is 5.75. The molecule has 1 aliphatic heterocycles. The number of nitrogens with one attached hydrogen (secondary N) is 1. The molecule has 0 spiro atoms. The summed E-state index contributed by atoms with van der Waals surface area (Å²) in [5.41, 5.74) is 4.70. The summed E-state index contributed by atoms with van der Waals surface area (Å²) in [6.45, 7) is 3.51. The Balaban J connectivity index is 1.45. The standard InChI is InChI=1S/C27H35N3O3/c1-18-23(17-33-30-18)26(31)16-22(20-7-5-3-2-4-6-8-20)27-28-24-10-9-21(15-25(24)29-27)19-11-13-32-14-12-19/h9-10,15,17,19-20,22H,2-8,11-14,16H2,1H3,(H,28,29). The quantitative estimate of drug-likeness (QED) is 0.436. The number of imidazole rings is 1. The number of rotatable bonds is 6. The van der Waals surface area contributed by atoms with E-state index in [1.807, 2.05) is 6.92 Å². The van der Waals surface area contributed by atoms with Crippen LogP contribution in [0.15, 0.2) is 29.0 Å². The van der Waals surface area contributed by atoms with E-state index in [1.54, 1.807) is 0 Å². The van der Waals surface area contributed by atoms with Gasteiger partial charge in [0.25, 0.3) is 0 Å². The average Bonchev–Trinajstić information content (AvgIpc) is 3.43. The molecule has 3 heterocycles. The van der Waals surface area contributed by atoms with Gasteiger partial charge in [0.15, 0.2) is 5.78 Å². The van der Waals surface area contributed by atoms with Gasteiger partial charge < -0.3 is 14.2 Å². The Morgan fingerprint density at radius 2 is 1.85 bits per heavy atom. The normalized spacial score (nSPS) is 19.9. The maximum absolute atomic E-state index is 13.2. The summed E-state index contributed by atoms with van der Waals surface area (Å²) in [6, 6.07) is 6.63. The lowest BCUT2D eigenvalue weighted by atomic mass is 9.78. The molecule has 1 aliphatic carbocycles. The summed E-state index contributed by atoms with van der Waals surface area (Å²) < 4.78 is 10.6. The van der Waals surface area contributed by atoms with Gasteiger partial charge in [0, 0.05) is 25.6 Å². The summed E-state index contributed by atoms with van der Waals surface area (Å²) in [7, 11) is 0. The number of hydrogen-bond donors (Lipinski definition) is 1. The second kappa shape index (κ2) is 10.2. The van der Waals surface area contributed by atoms with Crippen LogP contribution in [-0.2, 0) is 4.74 Å². The number of ketones is 1. The molecule has 1 atom stereocenters. The van der Waals surface area contributed by atoms with Crippen LogP contribution in [0.3, 0.4) is 0 Å². The second-order valence-electron chi connectivity index (χ2n) is 9.94. The van der Waals surface area contributed by atoms with Gasteiger partial charge in [-0.3, -0.25) is 4.79 Å². The number of fused-ring (bicyclic) bond motifs is 1. The van der Waals surface area contributed by atoms with Gasteiger partial charge in [-0.15, -0.1) is 0 Å². The van der Waals surface area contributed by atoms with E-state index in [0.717, 1.165) is 55.8 Å². The molecule has 0 amide bonds. The smallest absolute Gasteiger partial charge is 0.168 e. The van der Waals surface area contributed by atoms with Crippen LogP contribution >= 0.6 is 0 Å². The van der Waals surface area contributed by atoms with E-state index in [4.69, 9.17) is 14.2 Å². The molecule has 2 aliphatic rings. The van der Waals surface area contributed by atoms with Crippen LogP contribution < -0.4 is 0 Å². The topological polar surface area (TPSA) is 81.0 Å². The third-order valence-electron chi connectivity index (χ3n) is 7.74. The number of aryl methyl sites for hydroxylation is 1. The first kappa shape index (κ1) is 22.3. The van der Waals surface area contributed by atoms with Crippen molar-refractivity contribution in [1.82, 2.24) is 15.1 Å². The number of hydrogen-bond acceptors (Lipinski definition) is 5. The molecule has 33 heavy (non-hydrogen) atoms. The van der Waals surface area contributed by atoms with Gasteiger partial charge in [-0.1, -0.05) is 43.3 Å². The lowest BCUT2D eigenvalue weighted by Gasteiger charge is -2.27. The van der Waals surface area contributed by atoms with Crippen molar-refractivity contribution in [3.63, 3.8) is 0 Å². The number of nitrogens with zero attached hydrogens (tertiary/aromatic N) is 2. The Kier molecular flexibility index (Phi) is 6.91. The molecule has 6 nitrogen and oxygen atoms in total. The number of H-pyrrole nitrogens is 1. The predicted octanol–water partition coefficient (Wildman–Crippen LogP) is 6.47. The fourth-order valence-electron chi connectivity index (χ4n) is 5.75. The first-order valence-electron chi connectivity index (χ1n) is 12.7. The van der Waals surface area contributed by atoms with Crippen molar-refractivity contribution in [2.75, 3.05) is 13.2 Å². The van der Waals surface area contributed by atoms with Gasteiger partial charge in [0.2, 0.25) is 0 Å². The van der Waals surface area contributed by atoms with Crippen LogP contribution in [-0.4, -0.2) is 34.1 Å². The maximum atomic E-state index is 13.2. The zero-order valence-corrected chi connectivity index (χ0v) is 19.6. The van der Waals surface area contributed by atoms with Crippen LogP contribution in [0.5, 0.6) is 0 Å². The van der Waals surface area contributed by atoms with E-state index in [9.17, 15) is 4.79 Å². The zero-order valence-electron chi connectivity index (χ0n) is 19.6. The third-order valence-corrected chi connectivity index (χ3v) is 7.74. The largest absolute Gasteiger partial charge is 0.381 e. The van der Waals surface area contributed by atoms with E-state index in [1.165, 1.54) is 43.9 Å². The number of ether oxygens (including phenoxy) is 1. The molecule has 1 aromatic carbocycles. The molecular weight excluding hydrogens is 414 g/mol. The molecule has 0 bridgehead atoms. The summed E-state index contributed by atoms with van der Waals surface area (Å²) in [4.78, 5) is 21.9. The van der Waals surface area contributed by atoms with Crippen molar-refractivity contribution >= 4 is 16.8 Å². The van der Waals surface area contributed by atoms with E-state index in [-0.39, 0.29) is 11.7 Å². The number of aromatic nitrogens is 3. The van der Waals surface area contributed by atoms with E-state index in [0.29, 0.717) is 29.5 Å². The first-order valence-corrected chi connectivity index (χ1v) is 12.7. The van der Waals surface area contributed by atoms with Crippen molar-refractivity contribution in [2.45, 2.75) is 83.0 Å². The Bertz CT molecular complexity index is 1070. The molecule has 1 N–H and O–H groups in total. The summed E-state index contributed by atoms with van der Waals surface area (Å²) in [5, 5.41) is 3.92. The van der Waals surface area contributed by atoms with Gasteiger partial charge in [0.1, 0.15) is 12.1 Å². The van der Waals surface area contributed by atoms with Gasteiger partial charge in [-0.05, 0) is 62.1 Å². The van der Waals surface area contributed by atoms with Gasteiger partial charge in [0.05, 0.1) is 22.3 Å². The Hall–Kier alpha value is -2.47. The number of aromatic amines is 1. The van der Waals surface area contributed by atoms with E-state index < -0.39 is 0 Å². The highest BCUT2D eigenvalue weighted by Crippen LogP contribution is 2.38. The average molecular weight is 450 g/mol. The molecule has 1 saturated carbocycles. The number of Topliss-reactive ketones (excluding diaryl/α,β-unsaturated/α-hetero) is 1. The Labute approximate surface area is 195 Å². The van der Waals surface area contributed by atoms with Gasteiger partial charge >= 0.3 is 0 Å². The zero-order chi connectivity index (χ0) is 22.6. The maximum Gasteiger partial charge on any atom is 0.168 e. The SMILES string of the molecule is Cc1nocc1C(=O)CC(c1nc2ccc(C3CCOCC3)cc2[nH]1)C1CCCCCCC1. The molecule has 0 radical (unpaired) electrons. The van der Waals surface area contributed by atoms with Crippen molar-refractivity contribution in [3.05, 3.63) is 47.1 Å². The molecule has 5 rings (SSSR count). The van der Waals surface area contributed by atoms with E-state index in [2.05, 4.69) is 28.3 Å². The molecule has 1 saturated heterocycles. The van der Waals surface area contributed by atoms with Crippen LogP contribution in [0.25, 0.3) is 11.0 Å². The van der Waals surface area contributed by atoms with E-state index >= 15 is 0 Å². The number of carbonyl (C=O) groups is 1. The van der Waals surface area contributed by atoms with Crippen LogP contribution in [0.2, 0.25) is 0 Å². The monoisotopic (exact) mass is 449 g/mol. The molecule has 3 aromatic rings. The van der Waals surface area contributed by atoms with Crippen LogP contribution in [0.4, 0.5) is 0 Å². The molecule has 1 unspecified atom stereocenters. The summed E-state index contributed by atoms with van der Waals surface area (Å²) in [6.07, 6.45) is 12.8. The molecule has 6 heteroatoms. The first-order chi connectivity index (χ1) is 16.2. The third kappa shape index (κ3) is 5.06. The molecule has 2 fully saturated rings. The Morgan fingerprint density at radius 3 is 2.58 bits per heavy atom. The minimum absolute atomic E-state index is 0.0869. The summed E-state index contributed by atoms with van der Waals surface area (Å²) >= 11 is 0. The second-order valence-corrected chi connectivity index (χ2v) is 9.94. The molecule has 176 valence electrons. The van der Waals surface area contributed by atoms with Gasteiger partial charge in [-0.2, -0.15) is 0 Å². The highest BCUT2D eigenvalue weighted by Gasteiger charge is 2.30. The number of carbonyl (C=O) groups excluding carboxylic acids is 1. The Morgan fingerprint density at radius 1 is 1.09 bits per heavy atom. The minimum atomic E-state index is 0.0869. The lowest BCUT2D eigenvalue weighted by Crippen LogP contribution is -2.20. The molecular formula is C27H35N3O3. The highest BCUT2D eigenvalue weighted by molar-refractivity contribution is 5.97.